The summed E-state index contributed by atoms with van der Waals surface area (Å²) in [7, 11) is 0. The molecular weight excluding hydrogens is 264 g/mol. The Morgan fingerprint density at radius 3 is 2.57 bits per heavy atom. The van der Waals surface area contributed by atoms with Crippen molar-refractivity contribution in [3.63, 3.8) is 0 Å². The van der Waals surface area contributed by atoms with E-state index in [0.717, 1.165) is 22.6 Å². The molecule has 0 aliphatic rings. The molecule has 1 N–H and O–H groups in total. The SMILES string of the molecule is Cc1ccc(NC(=O)c2cnn3c(C)cc(C)nc23)cc1. The third-order valence-electron chi connectivity index (χ3n) is 3.33. The highest BCUT2D eigenvalue weighted by Crippen LogP contribution is 2.15. The van der Waals surface area contributed by atoms with Crippen molar-refractivity contribution >= 4 is 17.2 Å². The average molecular weight is 280 g/mol. The van der Waals surface area contributed by atoms with Gasteiger partial charge in [0.25, 0.3) is 5.91 Å². The summed E-state index contributed by atoms with van der Waals surface area (Å²) in [6, 6.07) is 9.60. The van der Waals surface area contributed by atoms with Gasteiger partial charge in [-0.1, -0.05) is 17.7 Å². The minimum Gasteiger partial charge on any atom is -0.322 e. The van der Waals surface area contributed by atoms with Crippen molar-refractivity contribution in [2.45, 2.75) is 20.8 Å². The maximum absolute atomic E-state index is 12.4. The highest BCUT2D eigenvalue weighted by atomic mass is 16.1. The summed E-state index contributed by atoms with van der Waals surface area (Å²) in [6.07, 6.45) is 1.55. The molecule has 2 aromatic heterocycles. The Balaban J connectivity index is 1.96. The number of benzene rings is 1. The summed E-state index contributed by atoms with van der Waals surface area (Å²) >= 11 is 0. The van der Waals surface area contributed by atoms with Crippen LogP contribution in [0.5, 0.6) is 0 Å². The molecular formula is C16H16N4O. The molecule has 0 unspecified atom stereocenters. The maximum atomic E-state index is 12.4. The first-order valence-corrected chi connectivity index (χ1v) is 6.74. The van der Waals surface area contributed by atoms with E-state index in [0.29, 0.717) is 11.2 Å². The lowest BCUT2D eigenvalue weighted by molar-refractivity contribution is 0.102. The van der Waals surface area contributed by atoms with Crippen molar-refractivity contribution in [2.24, 2.45) is 0 Å². The van der Waals surface area contributed by atoms with Crippen molar-refractivity contribution < 1.29 is 4.79 Å². The van der Waals surface area contributed by atoms with Gasteiger partial charge in [-0.25, -0.2) is 9.50 Å². The van der Waals surface area contributed by atoms with Gasteiger partial charge in [0.15, 0.2) is 5.65 Å². The lowest BCUT2D eigenvalue weighted by Gasteiger charge is -2.05. The van der Waals surface area contributed by atoms with Gasteiger partial charge in [-0.2, -0.15) is 5.10 Å². The van der Waals surface area contributed by atoms with Gasteiger partial charge in [-0.05, 0) is 39.0 Å². The summed E-state index contributed by atoms with van der Waals surface area (Å²) in [6.45, 7) is 5.85. The molecule has 2 heterocycles. The summed E-state index contributed by atoms with van der Waals surface area (Å²) in [5, 5.41) is 7.10. The lowest BCUT2D eigenvalue weighted by atomic mass is 10.2. The molecule has 5 heteroatoms. The first kappa shape index (κ1) is 13.3. The summed E-state index contributed by atoms with van der Waals surface area (Å²) < 4.78 is 1.68. The predicted molar refractivity (Wildman–Crippen MR) is 81.6 cm³/mol. The molecule has 0 saturated heterocycles. The molecule has 0 radical (unpaired) electrons. The largest absolute Gasteiger partial charge is 0.322 e. The molecule has 21 heavy (non-hydrogen) atoms. The first-order chi connectivity index (χ1) is 10.0. The third-order valence-corrected chi connectivity index (χ3v) is 3.33. The smallest absolute Gasteiger partial charge is 0.261 e. The number of nitrogens with zero attached hydrogens (tertiary/aromatic N) is 3. The topological polar surface area (TPSA) is 59.3 Å². The molecule has 0 bridgehead atoms. The zero-order valence-corrected chi connectivity index (χ0v) is 12.2. The molecule has 3 aromatic rings. The maximum Gasteiger partial charge on any atom is 0.261 e. The van der Waals surface area contributed by atoms with Gasteiger partial charge in [-0.15, -0.1) is 0 Å². The predicted octanol–water partition coefficient (Wildman–Crippen LogP) is 2.91. The Kier molecular flexibility index (Phi) is 3.17. The molecule has 0 spiro atoms. The number of hydrogen-bond acceptors (Lipinski definition) is 3. The number of carbonyl (C=O) groups is 1. The minimum atomic E-state index is -0.202. The van der Waals surface area contributed by atoms with Crippen molar-refractivity contribution in [3.05, 3.63) is 59.0 Å². The van der Waals surface area contributed by atoms with Crippen LogP contribution in [0.1, 0.15) is 27.3 Å². The normalized spacial score (nSPS) is 10.8. The highest BCUT2D eigenvalue weighted by Gasteiger charge is 2.15. The summed E-state index contributed by atoms with van der Waals surface area (Å²) in [5.41, 5.74) is 4.78. The number of aromatic nitrogens is 3. The van der Waals surface area contributed by atoms with E-state index >= 15 is 0 Å². The van der Waals surface area contributed by atoms with Crippen LogP contribution in [0.4, 0.5) is 5.69 Å². The van der Waals surface area contributed by atoms with E-state index in [4.69, 9.17) is 0 Å². The lowest BCUT2D eigenvalue weighted by Crippen LogP contribution is -2.12. The van der Waals surface area contributed by atoms with Crippen LogP contribution in [0.2, 0.25) is 0 Å². The zero-order chi connectivity index (χ0) is 15.0. The number of anilines is 1. The zero-order valence-electron chi connectivity index (χ0n) is 12.2. The number of fused-ring (bicyclic) bond motifs is 1. The number of hydrogen-bond donors (Lipinski definition) is 1. The number of nitrogens with one attached hydrogen (secondary N) is 1. The molecule has 0 fully saturated rings. The van der Waals surface area contributed by atoms with E-state index in [9.17, 15) is 4.79 Å². The Morgan fingerprint density at radius 2 is 1.86 bits per heavy atom. The average Bonchev–Trinajstić information content (AvgIpc) is 2.85. The van der Waals surface area contributed by atoms with E-state index in [1.54, 1.807) is 10.7 Å². The van der Waals surface area contributed by atoms with E-state index in [2.05, 4.69) is 15.4 Å². The van der Waals surface area contributed by atoms with Crippen LogP contribution in [0.15, 0.2) is 36.5 Å². The second-order valence-corrected chi connectivity index (χ2v) is 5.15. The van der Waals surface area contributed by atoms with Crippen molar-refractivity contribution in [1.82, 2.24) is 14.6 Å². The van der Waals surface area contributed by atoms with Gasteiger partial charge in [0.2, 0.25) is 0 Å². The minimum absolute atomic E-state index is 0.202. The molecule has 1 aromatic carbocycles. The van der Waals surface area contributed by atoms with Gasteiger partial charge < -0.3 is 5.32 Å². The Hall–Kier alpha value is -2.69. The van der Waals surface area contributed by atoms with Crippen LogP contribution in [-0.2, 0) is 0 Å². The summed E-state index contributed by atoms with van der Waals surface area (Å²) in [4.78, 5) is 16.8. The van der Waals surface area contributed by atoms with Gasteiger partial charge >= 0.3 is 0 Å². The quantitative estimate of drug-likeness (QED) is 0.785. The van der Waals surface area contributed by atoms with Crippen molar-refractivity contribution in [2.75, 3.05) is 5.32 Å². The van der Waals surface area contributed by atoms with E-state index in [1.807, 2.05) is 51.1 Å². The van der Waals surface area contributed by atoms with Crippen LogP contribution >= 0.6 is 0 Å². The molecule has 1 amide bonds. The fourth-order valence-corrected chi connectivity index (χ4v) is 2.27. The van der Waals surface area contributed by atoms with E-state index in [1.165, 1.54) is 0 Å². The Labute approximate surface area is 122 Å². The molecule has 3 rings (SSSR count). The van der Waals surface area contributed by atoms with Gasteiger partial charge in [-0.3, -0.25) is 4.79 Å². The number of amides is 1. The van der Waals surface area contributed by atoms with Crippen LogP contribution in [-0.4, -0.2) is 20.5 Å². The Morgan fingerprint density at radius 1 is 1.14 bits per heavy atom. The molecule has 106 valence electrons. The summed E-state index contributed by atoms with van der Waals surface area (Å²) in [5.74, 6) is -0.202. The fourth-order valence-electron chi connectivity index (χ4n) is 2.27. The Bertz CT molecular complexity index is 818. The molecule has 0 atom stereocenters. The third kappa shape index (κ3) is 2.50. The molecule has 0 aliphatic heterocycles. The first-order valence-electron chi connectivity index (χ1n) is 6.74. The van der Waals surface area contributed by atoms with Crippen LogP contribution in [0, 0.1) is 20.8 Å². The fraction of sp³-hybridized carbons (Fsp3) is 0.188. The van der Waals surface area contributed by atoms with E-state index < -0.39 is 0 Å². The number of rotatable bonds is 2. The van der Waals surface area contributed by atoms with Crippen LogP contribution < -0.4 is 5.32 Å². The second-order valence-electron chi connectivity index (χ2n) is 5.15. The monoisotopic (exact) mass is 280 g/mol. The van der Waals surface area contributed by atoms with Crippen molar-refractivity contribution in [1.29, 1.82) is 0 Å². The van der Waals surface area contributed by atoms with Gasteiger partial charge in [0, 0.05) is 17.1 Å². The van der Waals surface area contributed by atoms with Crippen LogP contribution in [0.3, 0.4) is 0 Å². The standard InChI is InChI=1S/C16H16N4O/c1-10-4-6-13(7-5-10)19-16(21)14-9-17-20-12(3)8-11(2)18-15(14)20/h4-9H,1-3H3,(H,19,21). The van der Waals surface area contributed by atoms with Crippen molar-refractivity contribution in [3.8, 4) is 0 Å². The van der Waals surface area contributed by atoms with E-state index in [-0.39, 0.29) is 5.91 Å². The molecule has 0 aliphatic carbocycles. The number of carbonyl (C=O) groups excluding carboxylic acids is 1. The molecule has 0 saturated carbocycles. The molecule has 5 nitrogen and oxygen atoms in total. The highest BCUT2D eigenvalue weighted by molar-refractivity contribution is 6.08. The second kappa shape index (κ2) is 5.01. The van der Waals surface area contributed by atoms with Gasteiger partial charge in [0.05, 0.1) is 6.20 Å². The van der Waals surface area contributed by atoms with Crippen LogP contribution in [0.25, 0.3) is 5.65 Å². The number of aryl methyl sites for hydroxylation is 3. The van der Waals surface area contributed by atoms with Gasteiger partial charge in [0.1, 0.15) is 5.56 Å².